The van der Waals surface area contributed by atoms with Crippen molar-refractivity contribution < 1.29 is 4.74 Å². The summed E-state index contributed by atoms with van der Waals surface area (Å²) in [5.74, 6) is 0. The van der Waals surface area contributed by atoms with Gasteiger partial charge in [0.2, 0.25) is 0 Å². The molecule has 1 N–H and O–H groups in total. The molecule has 1 rings (SSSR count). The molecule has 0 saturated heterocycles. The minimum absolute atomic E-state index is 0.256. The molecule has 1 aromatic heterocycles. The van der Waals surface area contributed by atoms with E-state index in [2.05, 4.69) is 29.1 Å². The zero-order chi connectivity index (χ0) is 11.9. The first kappa shape index (κ1) is 13.1. The molecule has 0 unspecified atom stereocenters. The fourth-order valence-corrected chi connectivity index (χ4v) is 1.43. The summed E-state index contributed by atoms with van der Waals surface area (Å²) in [6.45, 7) is 7.06. The SMILES string of the molecule is COCCC(C)(C)CNCc1cncnc1. The van der Waals surface area contributed by atoms with Crippen LogP contribution in [0.5, 0.6) is 0 Å². The van der Waals surface area contributed by atoms with E-state index in [1.807, 2.05) is 12.4 Å². The molecule has 0 bridgehead atoms. The Morgan fingerprint density at radius 2 is 2.00 bits per heavy atom. The predicted molar refractivity (Wildman–Crippen MR) is 64.0 cm³/mol. The molecule has 90 valence electrons. The monoisotopic (exact) mass is 223 g/mol. The summed E-state index contributed by atoms with van der Waals surface area (Å²) in [6.07, 6.45) is 6.28. The van der Waals surface area contributed by atoms with Crippen molar-refractivity contribution in [2.24, 2.45) is 5.41 Å². The highest BCUT2D eigenvalue weighted by Gasteiger charge is 2.16. The molecule has 0 saturated carbocycles. The van der Waals surface area contributed by atoms with Crippen molar-refractivity contribution in [2.75, 3.05) is 20.3 Å². The molecule has 0 aliphatic rings. The van der Waals surface area contributed by atoms with E-state index >= 15 is 0 Å². The number of hydrogen-bond acceptors (Lipinski definition) is 4. The van der Waals surface area contributed by atoms with Crippen LogP contribution in [0.4, 0.5) is 0 Å². The van der Waals surface area contributed by atoms with Gasteiger partial charge in [-0.2, -0.15) is 0 Å². The zero-order valence-electron chi connectivity index (χ0n) is 10.4. The molecule has 0 aromatic carbocycles. The van der Waals surface area contributed by atoms with Crippen LogP contribution in [0.15, 0.2) is 18.7 Å². The standard InChI is InChI=1S/C12H21N3O/c1-12(2,4-5-16-3)9-13-6-11-7-14-10-15-8-11/h7-8,10,13H,4-6,9H2,1-3H3. The Balaban J connectivity index is 2.24. The maximum absolute atomic E-state index is 5.09. The molecule has 0 radical (unpaired) electrons. The quantitative estimate of drug-likeness (QED) is 0.763. The largest absolute Gasteiger partial charge is 0.385 e. The summed E-state index contributed by atoms with van der Waals surface area (Å²) in [5, 5.41) is 3.42. The van der Waals surface area contributed by atoms with E-state index < -0.39 is 0 Å². The third-order valence-corrected chi connectivity index (χ3v) is 2.53. The molecule has 0 spiro atoms. The van der Waals surface area contributed by atoms with E-state index in [-0.39, 0.29) is 5.41 Å². The number of hydrogen-bond donors (Lipinski definition) is 1. The van der Waals surface area contributed by atoms with Crippen molar-refractivity contribution >= 4 is 0 Å². The lowest BCUT2D eigenvalue weighted by atomic mass is 9.90. The van der Waals surface area contributed by atoms with E-state index in [1.165, 1.54) is 0 Å². The van der Waals surface area contributed by atoms with Crippen molar-refractivity contribution in [1.82, 2.24) is 15.3 Å². The highest BCUT2D eigenvalue weighted by Crippen LogP contribution is 2.18. The highest BCUT2D eigenvalue weighted by atomic mass is 16.5. The predicted octanol–water partition coefficient (Wildman–Crippen LogP) is 1.63. The summed E-state index contributed by atoms with van der Waals surface area (Å²) in [7, 11) is 1.74. The molecule has 0 aliphatic carbocycles. The molecule has 1 aromatic rings. The summed E-state index contributed by atoms with van der Waals surface area (Å²) in [6, 6.07) is 0. The lowest BCUT2D eigenvalue weighted by Gasteiger charge is -2.24. The van der Waals surface area contributed by atoms with Crippen molar-refractivity contribution in [3.05, 3.63) is 24.3 Å². The van der Waals surface area contributed by atoms with Crippen LogP contribution in [-0.2, 0) is 11.3 Å². The van der Waals surface area contributed by atoms with Gasteiger partial charge in [0, 0.05) is 44.8 Å². The van der Waals surface area contributed by atoms with Crippen molar-refractivity contribution in [3.63, 3.8) is 0 Å². The van der Waals surface area contributed by atoms with E-state index in [1.54, 1.807) is 13.4 Å². The Labute approximate surface area is 97.5 Å². The Kier molecular flexibility index (Phi) is 5.35. The van der Waals surface area contributed by atoms with Gasteiger partial charge < -0.3 is 10.1 Å². The van der Waals surface area contributed by atoms with Crippen LogP contribution in [0.3, 0.4) is 0 Å². The lowest BCUT2D eigenvalue weighted by Crippen LogP contribution is -2.30. The molecule has 16 heavy (non-hydrogen) atoms. The van der Waals surface area contributed by atoms with Gasteiger partial charge in [-0.15, -0.1) is 0 Å². The van der Waals surface area contributed by atoms with Crippen molar-refractivity contribution in [3.8, 4) is 0 Å². The maximum Gasteiger partial charge on any atom is 0.115 e. The van der Waals surface area contributed by atoms with Gasteiger partial charge >= 0.3 is 0 Å². The molecule has 0 fully saturated rings. The second-order valence-corrected chi connectivity index (χ2v) is 4.76. The number of nitrogens with zero attached hydrogens (tertiary/aromatic N) is 2. The van der Waals surface area contributed by atoms with Gasteiger partial charge in [-0.05, 0) is 11.8 Å². The van der Waals surface area contributed by atoms with Crippen LogP contribution in [-0.4, -0.2) is 30.2 Å². The minimum atomic E-state index is 0.256. The highest BCUT2D eigenvalue weighted by molar-refractivity contribution is 5.01. The second-order valence-electron chi connectivity index (χ2n) is 4.76. The average molecular weight is 223 g/mol. The molecular weight excluding hydrogens is 202 g/mol. The van der Waals surface area contributed by atoms with Crippen LogP contribution in [0.1, 0.15) is 25.8 Å². The Hall–Kier alpha value is -1.00. The number of nitrogens with one attached hydrogen (secondary N) is 1. The minimum Gasteiger partial charge on any atom is -0.385 e. The Morgan fingerprint density at radius 1 is 1.31 bits per heavy atom. The topological polar surface area (TPSA) is 47.0 Å². The number of ether oxygens (including phenoxy) is 1. The van der Waals surface area contributed by atoms with Gasteiger partial charge in [0.05, 0.1) is 0 Å². The zero-order valence-corrected chi connectivity index (χ0v) is 10.4. The average Bonchev–Trinajstić information content (AvgIpc) is 2.28. The van der Waals surface area contributed by atoms with E-state index in [9.17, 15) is 0 Å². The summed E-state index contributed by atoms with van der Waals surface area (Å²) < 4.78 is 5.09. The first-order valence-electron chi connectivity index (χ1n) is 5.57. The fraction of sp³-hybridized carbons (Fsp3) is 0.667. The van der Waals surface area contributed by atoms with Crippen molar-refractivity contribution in [2.45, 2.75) is 26.8 Å². The first-order chi connectivity index (χ1) is 7.64. The third kappa shape index (κ3) is 5.19. The van der Waals surface area contributed by atoms with Crippen molar-refractivity contribution in [1.29, 1.82) is 0 Å². The van der Waals surface area contributed by atoms with Gasteiger partial charge in [-0.1, -0.05) is 13.8 Å². The van der Waals surface area contributed by atoms with Crippen LogP contribution < -0.4 is 5.32 Å². The number of rotatable bonds is 7. The number of aromatic nitrogens is 2. The van der Waals surface area contributed by atoms with Gasteiger partial charge in [-0.3, -0.25) is 0 Å². The van der Waals surface area contributed by atoms with Gasteiger partial charge in [0.25, 0.3) is 0 Å². The summed E-state index contributed by atoms with van der Waals surface area (Å²) in [5.41, 5.74) is 1.37. The van der Waals surface area contributed by atoms with Gasteiger partial charge in [0.1, 0.15) is 6.33 Å². The molecular formula is C12H21N3O. The molecule has 1 heterocycles. The Bertz CT molecular complexity index is 288. The molecule has 0 atom stereocenters. The van der Waals surface area contributed by atoms with E-state index in [0.29, 0.717) is 0 Å². The van der Waals surface area contributed by atoms with Crippen LogP contribution in [0.25, 0.3) is 0 Å². The fourth-order valence-electron chi connectivity index (χ4n) is 1.43. The molecule has 0 amide bonds. The smallest absolute Gasteiger partial charge is 0.115 e. The van der Waals surface area contributed by atoms with Crippen LogP contribution in [0, 0.1) is 5.41 Å². The van der Waals surface area contributed by atoms with Gasteiger partial charge in [-0.25, -0.2) is 9.97 Å². The lowest BCUT2D eigenvalue weighted by molar-refractivity contribution is 0.150. The van der Waals surface area contributed by atoms with Gasteiger partial charge in [0.15, 0.2) is 0 Å². The molecule has 4 nitrogen and oxygen atoms in total. The molecule has 4 heteroatoms. The maximum atomic E-state index is 5.09. The Morgan fingerprint density at radius 3 is 2.62 bits per heavy atom. The number of methoxy groups -OCH3 is 1. The summed E-state index contributed by atoms with van der Waals surface area (Å²) >= 11 is 0. The van der Waals surface area contributed by atoms with Crippen LogP contribution >= 0.6 is 0 Å². The normalized spacial score (nSPS) is 11.7. The van der Waals surface area contributed by atoms with E-state index in [0.717, 1.165) is 31.7 Å². The third-order valence-electron chi connectivity index (χ3n) is 2.53. The second kappa shape index (κ2) is 6.55. The van der Waals surface area contributed by atoms with E-state index in [4.69, 9.17) is 4.74 Å². The van der Waals surface area contributed by atoms with Crippen LogP contribution in [0.2, 0.25) is 0 Å². The molecule has 0 aliphatic heterocycles. The first-order valence-corrected chi connectivity index (χ1v) is 5.57. The summed E-state index contributed by atoms with van der Waals surface area (Å²) in [4.78, 5) is 7.96.